The van der Waals surface area contributed by atoms with Gasteiger partial charge in [0.15, 0.2) is 0 Å². The van der Waals surface area contributed by atoms with Gasteiger partial charge in [0.1, 0.15) is 23.7 Å². The minimum atomic E-state index is -0.507. The number of esters is 1. The van der Waals surface area contributed by atoms with E-state index in [-0.39, 0.29) is 23.8 Å². The van der Waals surface area contributed by atoms with E-state index >= 15 is 0 Å². The lowest BCUT2D eigenvalue weighted by atomic mass is 9.94. The van der Waals surface area contributed by atoms with E-state index in [2.05, 4.69) is 17.4 Å². The third kappa shape index (κ3) is 5.65. The smallest absolute Gasteiger partial charge is 0.342 e. The Balaban J connectivity index is 1.51. The van der Waals surface area contributed by atoms with Crippen molar-refractivity contribution in [1.29, 1.82) is 0 Å². The number of allylic oxidation sites excluding steroid dienone is 2. The molecule has 3 rings (SSSR count). The number of cyclic esters (lactones) is 1. The zero-order chi connectivity index (χ0) is 23.1. The molecule has 1 amide bonds. The Labute approximate surface area is 193 Å². The van der Waals surface area contributed by atoms with Gasteiger partial charge in [-0.25, -0.2) is 4.79 Å². The Morgan fingerprint density at radius 1 is 1.28 bits per heavy atom. The van der Waals surface area contributed by atoms with Crippen LogP contribution in [0.25, 0.3) is 0 Å². The summed E-state index contributed by atoms with van der Waals surface area (Å²) in [6, 6.07) is 10.1. The molecule has 1 aliphatic heterocycles. The van der Waals surface area contributed by atoms with Crippen LogP contribution < -0.4 is 10.1 Å². The maximum absolute atomic E-state index is 12.1. The molecule has 0 saturated heterocycles. The number of carbonyl (C=O) groups is 2. The number of nitrogens with one attached hydrogen (secondary N) is 1. The molecule has 2 aromatic carbocycles. The molecule has 0 aliphatic carbocycles. The van der Waals surface area contributed by atoms with Crippen molar-refractivity contribution in [2.45, 2.75) is 44.6 Å². The van der Waals surface area contributed by atoms with Crippen molar-refractivity contribution in [3.05, 3.63) is 64.2 Å². The molecule has 1 heterocycles. The minimum absolute atomic E-state index is 0.0166. The monoisotopic (exact) mass is 455 g/mol. The van der Waals surface area contributed by atoms with E-state index in [1.165, 1.54) is 4.90 Å². The minimum Gasteiger partial charge on any atom is -0.507 e. The van der Waals surface area contributed by atoms with Crippen molar-refractivity contribution < 1.29 is 24.2 Å². The van der Waals surface area contributed by atoms with Crippen LogP contribution in [-0.2, 0) is 22.6 Å². The highest BCUT2D eigenvalue weighted by Gasteiger charge is 2.31. The quantitative estimate of drug-likeness (QED) is 0.237. The first-order valence-corrected chi connectivity index (χ1v) is 11.6. The highest BCUT2D eigenvalue weighted by atomic mass is 32.2. The van der Waals surface area contributed by atoms with Gasteiger partial charge in [0, 0.05) is 34.7 Å². The normalized spacial score (nSPS) is 13.0. The lowest BCUT2D eigenvalue weighted by Gasteiger charge is -2.15. The van der Waals surface area contributed by atoms with Gasteiger partial charge in [-0.3, -0.25) is 4.79 Å². The molecule has 0 bridgehead atoms. The van der Waals surface area contributed by atoms with Gasteiger partial charge in [-0.2, -0.15) is 0 Å². The number of rotatable bonds is 10. The summed E-state index contributed by atoms with van der Waals surface area (Å²) in [5, 5.41) is 13.6. The zero-order valence-electron chi connectivity index (χ0n) is 18.7. The summed E-state index contributed by atoms with van der Waals surface area (Å²) in [4.78, 5) is 25.3. The standard InChI is InChI=1S/C25H29NO5S/c1-16(10-12-21(27)26-13-14-32-18-7-5-4-6-8-18)9-11-19-23(28)22-20(15-31-25(22)29)17(2)24(19)30-3/h4-9,28H,10-15H2,1-3H3,(H,26,27). The summed E-state index contributed by atoms with van der Waals surface area (Å²) in [5.74, 6) is 0.819. The van der Waals surface area contributed by atoms with Crippen molar-refractivity contribution >= 4 is 23.6 Å². The van der Waals surface area contributed by atoms with Crippen LogP contribution in [0.1, 0.15) is 46.8 Å². The van der Waals surface area contributed by atoms with Gasteiger partial charge in [0.25, 0.3) is 0 Å². The molecule has 0 saturated carbocycles. The molecular formula is C25H29NO5S. The number of carbonyl (C=O) groups excluding carboxylic acids is 2. The number of hydrogen-bond acceptors (Lipinski definition) is 6. The van der Waals surface area contributed by atoms with Crippen molar-refractivity contribution in [2.24, 2.45) is 0 Å². The molecule has 32 heavy (non-hydrogen) atoms. The number of thioether (sulfide) groups is 1. The van der Waals surface area contributed by atoms with E-state index in [4.69, 9.17) is 9.47 Å². The van der Waals surface area contributed by atoms with Crippen LogP contribution in [0.5, 0.6) is 11.5 Å². The molecule has 0 unspecified atom stereocenters. The summed E-state index contributed by atoms with van der Waals surface area (Å²) < 4.78 is 10.6. The Morgan fingerprint density at radius 2 is 2.03 bits per heavy atom. The van der Waals surface area contributed by atoms with Gasteiger partial charge in [-0.05, 0) is 44.4 Å². The second kappa shape index (κ2) is 11.1. The van der Waals surface area contributed by atoms with E-state index in [1.807, 2.05) is 38.1 Å². The van der Waals surface area contributed by atoms with Gasteiger partial charge >= 0.3 is 5.97 Å². The lowest BCUT2D eigenvalue weighted by Crippen LogP contribution is -2.25. The molecule has 1 aliphatic rings. The third-order valence-corrected chi connectivity index (χ3v) is 6.50. The molecule has 0 spiro atoms. The van der Waals surface area contributed by atoms with Crippen LogP contribution in [0.3, 0.4) is 0 Å². The van der Waals surface area contributed by atoms with Gasteiger partial charge < -0.3 is 19.9 Å². The fourth-order valence-electron chi connectivity index (χ4n) is 3.68. The molecule has 2 aromatic rings. The number of ether oxygens (including phenoxy) is 2. The number of phenolic OH excluding ortho intramolecular Hbond substituents is 1. The molecule has 0 fully saturated rings. The summed E-state index contributed by atoms with van der Waals surface area (Å²) in [5.41, 5.74) is 3.30. The second-order valence-corrected chi connectivity index (χ2v) is 8.85. The number of fused-ring (bicyclic) bond motifs is 1. The molecule has 7 heteroatoms. The van der Waals surface area contributed by atoms with Crippen LogP contribution in [0.4, 0.5) is 0 Å². The molecule has 2 N–H and O–H groups in total. The molecule has 0 aromatic heterocycles. The predicted octanol–water partition coefficient (Wildman–Crippen LogP) is 4.56. The summed E-state index contributed by atoms with van der Waals surface area (Å²) >= 11 is 1.71. The van der Waals surface area contributed by atoms with Gasteiger partial charge in [-0.1, -0.05) is 29.8 Å². The Morgan fingerprint density at radius 3 is 2.75 bits per heavy atom. The van der Waals surface area contributed by atoms with Crippen LogP contribution in [0.2, 0.25) is 0 Å². The van der Waals surface area contributed by atoms with Gasteiger partial charge in [0.2, 0.25) is 5.91 Å². The number of methoxy groups -OCH3 is 1. The molecule has 170 valence electrons. The number of phenols is 1. The average Bonchev–Trinajstić information content (AvgIpc) is 3.19. The second-order valence-electron chi connectivity index (χ2n) is 7.68. The fourth-order valence-corrected chi connectivity index (χ4v) is 4.47. The first kappa shape index (κ1) is 23.7. The van der Waals surface area contributed by atoms with E-state index in [0.717, 1.165) is 16.9 Å². The van der Waals surface area contributed by atoms with E-state index < -0.39 is 5.97 Å². The largest absolute Gasteiger partial charge is 0.507 e. The first-order valence-electron chi connectivity index (χ1n) is 10.6. The van der Waals surface area contributed by atoms with Crippen LogP contribution >= 0.6 is 11.8 Å². The number of aromatic hydroxyl groups is 1. The Hall–Kier alpha value is -2.93. The van der Waals surface area contributed by atoms with Crippen LogP contribution in [0, 0.1) is 6.92 Å². The predicted molar refractivity (Wildman–Crippen MR) is 125 cm³/mol. The number of benzene rings is 2. The van der Waals surface area contributed by atoms with Crippen molar-refractivity contribution in [3.63, 3.8) is 0 Å². The first-order chi connectivity index (χ1) is 15.4. The number of amides is 1. The van der Waals surface area contributed by atoms with Crippen molar-refractivity contribution in [1.82, 2.24) is 5.32 Å². The van der Waals surface area contributed by atoms with Crippen molar-refractivity contribution in [2.75, 3.05) is 19.4 Å². The highest BCUT2D eigenvalue weighted by molar-refractivity contribution is 7.99. The molecule has 6 nitrogen and oxygen atoms in total. The lowest BCUT2D eigenvalue weighted by molar-refractivity contribution is -0.120. The van der Waals surface area contributed by atoms with Gasteiger partial charge in [-0.15, -0.1) is 11.8 Å². The van der Waals surface area contributed by atoms with E-state index in [0.29, 0.717) is 42.7 Å². The maximum atomic E-state index is 12.1. The average molecular weight is 456 g/mol. The summed E-state index contributed by atoms with van der Waals surface area (Å²) in [7, 11) is 1.55. The zero-order valence-corrected chi connectivity index (χ0v) is 19.5. The van der Waals surface area contributed by atoms with Crippen molar-refractivity contribution in [3.8, 4) is 11.5 Å². The summed E-state index contributed by atoms with van der Waals surface area (Å²) in [6.45, 7) is 4.59. The number of hydrogen-bond donors (Lipinski definition) is 2. The fraction of sp³-hybridized carbons (Fsp3) is 0.360. The van der Waals surface area contributed by atoms with E-state index in [1.54, 1.807) is 18.9 Å². The molecule has 0 atom stereocenters. The molecular weight excluding hydrogens is 426 g/mol. The maximum Gasteiger partial charge on any atom is 0.342 e. The summed E-state index contributed by atoms with van der Waals surface area (Å²) in [6.07, 6.45) is 3.38. The Bertz CT molecular complexity index is 1020. The van der Waals surface area contributed by atoms with E-state index in [9.17, 15) is 14.7 Å². The van der Waals surface area contributed by atoms with Crippen LogP contribution in [-0.4, -0.2) is 36.4 Å². The van der Waals surface area contributed by atoms with Gasteiger partial charge in [0.05, 0.1) is 7.11 Å². The molecule has 0 radical (unpaired) electrons. The van der Waals surface area contributed by atoms with Crippen LogP contribution in [0.15, 0.2) is 46.9 Å². The third-order valence-electron chi connectivity index (χ3n) is 5.48. The Kier molecular flexibility index (Phi) is 8.22. The SMILES string of the molecule is COc1c(C)c2c(c(O)c1CC=C(C)CCC(=O)NCCSc1ccccc1)C(=O)OC2. The highest BCUT2D eigenvalue weighted by Crippen LogP contribution is 2.42. The topological polar surface area (TPSA) is 84.9 Å².